The molecule has 0 bridgehead atoms. The first kappa shape index (κ1) is 14.7. The Hall–Kier alpha value is -2.86. The Labute approximate surface area is 142 Å². The van der Waals surface area contributed by atoms with E-state index in [1.165, 1.54) is 10.8 Å². The molecule has 0 amide bonds. The van der Waals surface area contributed by atoms with Crippen LogP contribution in [0.4, 0.5) is 0 Å². The van der Waals surface area contributed by atoms with Crippen molar-refractivity contribution in [3.05, 3.63) is 75.5 Å². The Kier molecular flexibility index (Phi) is 3.66. The number of nitrogens with zero attached hydrogens (tertiary/aromatic N) is 3. The van der Waals surface area contributed by atoms with Crippen LogP contribution in [0.2, 0.25) is 5.02 Å². The van der Waals surface area contributed by atoms with Gasteiger partial charge in [-0.3, -0.25) is 9.89 Å². The number of hydrogen-bond donors (Lipinski definition) is 1. The Bertz CT molecular complexity index is 1020. The third-order valence-electron chi connectivity index (χ3n) is 3.79. The average Bonchev–Trinajstić information content (AvgIpc) is 2.99. The van der Waals surface area contributed by atoms with Crippen LogP contribution in [0.1, 0.15) is 11.3 Å². The molecule has 1 N–H and O–H groups in total. The molecule has 0 atom stereocenters. The lowest BCUT2D eigenvalue weighted by atomic mass is 9.99. The van der Waals surface area contributed by atoms with Gasteiger partial charge in [0.1, 0.15) is 12.1 Å². The number of ether oxygens (including phenoxy) is 1. The van der Waals surface area contributed by atoms with E-state index >= 15 is 0 Å². The van der Waals surface area contributed by atoms with Crippen LogP contribution in [0.25, 0.3) is 11.4 Å². The summed E-state index contributed by atoms with van der Waals surface area (Å²) in [4.78, 5) is 21.2. The minimum Gasteiger partial charge on any atom is -0.493 e. The molecule has 1 aromatic carbocycles. The van der Waals surface area contributed by atoms with Crippen LogP contribution in [-0.2, 0) is 6.42 Å². The van der Waals surface area contributed by atoms with Crippen LogP contribution in [0.3, 0.4) is 0 Å². The lowest BCUT2D eigenvalue weighted by Crippen LogP contribution is -2.24. The van der Waals surface area contributed by atoms with Gasteiger partial charge in [-0.1, -0.05) is 29.8 Å². The van der Waals surface area contributed by atoms with Crippen molar-refractivity contribution in [2.45, 2.75) is 6.42 Å². The summed E-state index contributed by atoms with van der Waals surface area (Å²) in [6.07, 6.45) is 7.66. The molecule has 7 heteroatoms. The van der Waals surface area contributed by atoms with Crippen LogP contribution in [0.5, 0.6) is 5.75 Å². The molecule has 2 aromatic heterocycles. The van der Waals surface area contributed by atoms with Crippen molar-refractivity contribution in [2.75, 3.05) is 6.61 Å². The predicted octanol–water partition coefficient (Wildman–Crippen LogP) is 2.65. The molecule has 4 rings (SSSR count). The minimum absolute atomic E-state index is 0.159. The van der Waals surface area contributed by atoms with Crippen molar-refractivity contribution < 1.29 is 4.74 Å². The van der Waals surface area contributed by atoms with Gasteiger partial charge in [0, 0.05) is 22.6 Å². The highest BCUT2D eigenvalue weighted by atomic mass is 35.5. The molecule has 0 saturated carbocycles. The molecule has 0 unspecified atom stereocenters. The number of benzene rings is 1. The second kappa shape index (κ2) is 5.98. The second-order valence-corrected chi connectivity index (χ2v) is 5.74. The standard InChI is InChI=1S/C17H13ClN4O2/c18-12-4-6-13(7-5-12)24-9-8-14-15(11-2-1-3-11)21-17-19-10-20-22(17)16(14)23/h1-7,10H,8-9H2,(H,19,20,21). The lowest BCUT2D eigenvalue weighted by molar-refractivity contribution is 0.321. The highest BCUT2D eigenvalue weighted by molar-refractivity contribution is 6.30. The van der Waals surface area contributed by atoms with Crippen LogP contribution in [0, 0.1) is 0 Å². The molecule has 120 valence electrons. The van der Waals surface area contributed by atoms with Crippen molar-refractivity contribution in [3.63, 3.8) is 0 Å². The van der Waals surface area contributed by atoms with E-state index in [2.05, 4.69) is 15.1 Å². The van der Waals surface area contributed by atoms with E-state index in [-0.39, 0.29) is 5.56 Å². The van der Waals surface area contributed by atoms with E-state index in [1.807, 2.05) is 18.2 Å². The van der Waals surface area contributed by atoms with Crippen molar-refractivity contribution in [1.29, 1.82) is 0 Å². The van der Waals surface area contributed by atoms with Gasteiger partial charge in [-0.2, -0.15) is 4.52 Å². The van der Waals surface area contributed by atoms with Gasteiger partial charge >= 0.3 is 0 Å². The summed E-state index contributed by atoms with van der Waals surface area (Å²) < 4.78 is 7.04. The number of H-pyrrole nitrogens is 1. The molecule has 0 fully saturated rings. The van der Waals surface area contributed by atoms with Gasteiger partial charge in [-0.05, 0) is 24.3 Å². The highest BCUT2D eigenvalue weighted by Crippen LogP contribution is 2.23. The summed E-state index contributed by atoms with van der Waals surface area (Å²) in [5.74, 6) is 1.07. The summed E-state index contributed by atoms with van der Waals surface area (Å²) in [7, 11) is 0. The Morgan fingerprint density at radius 1 is 1.25 bits per heavy atom. The van der Waals surface area contributed by atoms with E-state index in [0.717, 1.165) is 5.57 Å². The number of fused-ring (bicyclic) bond motifs is 1. The predicted molar refractivity (Wildman–Crippen MR) is 91.4 cm³/mol. The molecule has 1 aliphatic carbocycles. The molecule has 0 spiro atoms. The Balaban J connectivity index is 1.61. The van der Waals surface area contributed by atoms with Gasteiger partial charge in [0.05, 0.1) is 12.3 Å². The summed E-state index contributed by atoms with van der Waals surface area (Å²) >= 11 is 5.86. The monoisotopic (exact) mass is 340 g/mol. The van der Waals surface area contributed by atoms with Gasteiger partial charge in [0.25, 0.3) is 11.3 Å². The molecule has 0 aliphatic heterocycles. The summed E-state index contributed by atoms with van der Waals surface area (Å²) in [5, 5.41) is 3.44. The van der Waals surface area contributed by atoms with Crippen LogP contribution < -0.4 is 10.3 Å². The normalized spacial score (nSPS) is 13.0. The third kappa shape index (κ3) is 2.61. The fraction of sp³-hybridized carbons (Fsp3) is 0.118. The fourth-order valence-electron chi connectivity index (χ4n) is 2.51. The number of aromatic amines is 1. The number of allylic oxidation sites excluding steroid dienone is 4. The average molecular weight is 341 g/mol. The number of rotatable bonds is 5. The zero-order chi connectivity index (χ0) is 16.5. The van der Waals surface area contributed by atoms with E-state index in [4.69, 9.17) is 16.3 Å². The zero-order valence-electron chi connectivity index (χ0n) is 12.6. The molecule has 3 aromatic rings. The van der Waals surface area contributed by atoms with Gasteiger partial charge < -0.3 is 4.74 Å². The van der Waals surface area contributed by atoms with E-state index in [1.54, 1.807) is 24.3 Å². The Morgan fingerprint density at radius 3 is 2.75 bits per heavy atom. The summed E-state index contributed by atoms with van der Waals surface area (Å²) in [6, 6.07) is 7.12. The largest absolute Gasteiger partial charge is 0.493 e. The second-order valence-electron chi connectivity index (χ2n) is 5.30. The van der Waals surface area contributed by atoms with E-state index in [9.17, 15) is 4.79 Å². The van der Waals surface area contributed by atoms with Crippen LogP contribution >= 0.6 is 11.6 Å². The molecular formula is C17H13ClN4O2. The first-order chi connectivity index (χ1) is 11.7. The number of halogens is 1. The lowest BCUT2D eigenvalue weighted by Gasteiger charge is -2.12. The molecule has 0 radical (unpaired) electrons. The van der Waals surface area contributed by atoms with Crippen molar-refractivity contribution in [3.8, 4) is 5.75 Å². The molecule has 1 aliphatic rings. The maximum absolute atomic E-state index is 12.7. The van der Waals surface area contributed by atoms with Gasteiger partial charge in [-0.15, -0.1) is 0 Å². The first-order valence-electron chi connectivity index (χ1n) is 7.44. The van der Waals surface area contributed by atoms with Crippen molar-refractivity contribution in [2.24, 2.45) is 0 Å². The molecule has 2 heterocycles. The smallest absolute Gasteiger partial charge is 0.277 e. The van der Waals surface area contributed by atoms with Gasteiger partial charge in [0.15, 0.2) is 0 Å². The number of aromatic nitrogens is 4. The molecule has 0 saturated heterocycles. The fourth-order valence-corrected chi connectivity index (χ4v) is 2.63. The Morgan fingerprint density at radius 2 is 2.04 bits per heavy atom. The topological polar surface area (TPSA) is 72.3 Å². The van der Waals surface area contributed by atoms with Gasteiger partial charge in [-0.25, -0.2) is 9.97 Å². The number of nitrogens with one attached hydrogen (secondary N) is 1. The van der Waals surface area contributed by atoms with E-state index in [0.29, 0.717) is 40.8 Å². The molecular weight excluding hydrogens is 328 g/mol. The van der Waals surface area contributed by atoms with Crippen LogP contribution in [-0.4, -0.2) is 26.2 Å². The third-order valence-corrected chi connectivity index (χ3v) is 4.04. The maximum Gasteiger partial charge on any atom is 0.277 e. The summed E-state index contributed by atoms with van der Waals surface area (Å²) in [6.45, 7) is 0.364. The van der Waals surface area contributed by atoms with Crippen molar-refractivity contribution >= 4 is 23.0 Å². The zero-order valence-corrected chi connectivity index (χ0v) is 13.3. The molecule has 24 heavy (non-hydrogen) atoms. The summed E-state index contributed by atoms with van der Waals surface area (Å²) in [5.41, 5.74) is 2.03. The van der Waals surface area contributed by atoms with Crippen molar-refractivity contribution in [1.82, 2.24) is 19.6 Å². The minimum atomic E-state index is -0.159. The quantitative estimate of drug-likeness (QED) is 0.775. The SMILES string of the molecule is O=c1c(CCOc2ccc(Cl)cc2)c(C2=CC=C2)nc2nc[nH]n12. The maximum atomic E-state index is 12.7. The molecule has 6 nitrogen and oxygen atoms in total. The van der Waals surface area contributed by atoms with Crippen LogP contribution in [0.15, 0.2) is 53.6 Å². The highest BCUT2D eigenvalue weighted by Gasteiger charge is 2.17. The first-order valence-corrected chi connectivity index (χ1v) is 7.82. The number of hydrogen-bond acceptors (Lipinski definition) is 4. The van der Waals surface area contributed by atoms with Gasteiger partial charge in [0.2, 0.25) is 0 Å². The van der Waals surface area contributed by atoms with E-state index < -0.39 is 0 Å².